The Morgan fingerprint density at radius 1 is 1.24 bits per heavy atom. The second kappa shape index (κ2) is 5.79. The van der Waals surface area contributed by atoms with Crippen LogP contribution in [0.15, 0.2) is 45.3 Å². The average Bonchev–Trinajstić information content (AvgIpc) is 2.74. The summed E-state index contributed by atoms with van der Waals surface area (Å²) in [6.45, 7) is 0. The number of hydrogen-bond acceptors (Lipinski definition) is 3. The highest BCUT2D eigenvalue weighted by Crippen LogP contribution is 2.40. The number of anilines is 1. The third kappa shape index (κ3) is 2.84. The van der Waals surface area contributed by atoms with Crippen molar-refractivity contribution in [2.75, 3.05) is 12.4 Å². The molecule has 2 N–H and O–H groups in total. The SMILES string of the molecule is CNC1C(=O)Nc2cc(Oc3cccc(Br)c3)c(Br)cc21. The molecule has 4 nitrogen and oxygen atoms in total. The fourth-order valence-electron chi connectivity index (χ4n) is 2.28. The molecule has 21 heavy (non-hydrogen) atoms. The van der Waals surface area contributed by atoms with Crippen molar-refractivity contribution in [1.82, 2.24) is 5.32 Å². The topological polar surface area (TPSA) is 50.4 Å². The lowest BCUT2D eigenvalue weighted by molar-refractivity contribution is -0.117. The van der Waals surface area contributed by atoms with Gasteiger partial charge in [-0.15, -0.1) is 0 Å². The Kier molecular flexibility index (Phi) is 4.01. The molecule has 0 saturated heterocycles. The van der Waals surface area contributed by atoms with Crippen LogP contribution in [0, 0.1) is 0 Å². The smallest absolute Gasteiger partial charge is 0.246 e. The molecule has 0 saturated carbocycles. The van der Waals surface area contributed by atoms with Crippen LogP contribution in [0.5, 0.6) is 11.5 Å². The zero-order chi connectivity index (χ0) is 15.0. The second-order valence-corrected chi connectivity index (χ2v) is 6.41. The number of fused-ring (bicyclic) bond motifs is 1. The summed E-state index contributed by atoms with van der Waals surface area (Å²) in [5.41, 5.74) is 1.68. The number of halogens is 2. The Balaban J connectivity index is 1.95. The number of ether oxygens (including phenoxy) is 1. The van der Waals surface area contributed by atoms with Gasteiger partial charge in [0, 0.05) is 21.8 Å². The van der Waals surface area contributed by atoms with Crippen LogP contribution in [0.3, 0.4) is 0 Å². The number of rotatable bonds is 3. The van der Waals surface area contributed by atoms with E-state index in [1.165, 1.54) is 0 Å². The Labute approximate surface area is 139 Å². The standard InChI is InChI=1S/C15H12Br2N2O2/c1-18-14-10-6-11(17)13(7-12(10)19-15(14)20)21-9-4-2-3-8(16)5-9/h2-7,14,18H,1H3,(H,19,20). The van der Waals surface area contributed by atoms with Crippen molar-refractivity contribution in [2.45, 2.75) is 6.04 Å². The highest BCUT2D eigenvalue weighted by molar-refractivity contribution is 9.10. The highest BCUT2D eigenvalue weighted by Gasteiger charge is 2.30. The normalized spacial score (nSPS) is 16.5. The molecule has 3 rings (SSSR count). The van der Waals surface area contributed by atoms with Gasteiger partial charge in [0.15, 0.2) is 0 Å². The number of hydrogen-bond donors (Lipinski definition) is 2. The molecule has 1 aliphatic heterocycles. The van der Waals surface area contributed by atoms with E-state index in [1.807, 2.05) is 36.4 Å². The minimum atomic E-state index is -0.323. The lowest BCUT2D eigenvalue weighted by Crippen LogP contribution is -2.23. The zero-order valence-corrected chi connectivity index (χ0v) is 14.3. The molecule has 108 valence electrons. The summed E-state index contributed by atoms with van der Waals surface area (Å²) in [7, 11) is 1.76. The fraction of sp³-hybridized carbons (Fsp3) is 0.133. The molecular formula is C15H12Br2N2O2. The van der Waals surface area contributed by atoms with E-state index >= 15 is 0 Å². The Morgan fingerprint density at radius 2 is 2.05 bits per heavy atom. The quantitative estimate of drug-likeness (QED) is 0.794. The largest absolute Gasteiger partial charge is 0.456 e. The summed E-state index contributed by atoms with van der Waals surface area (Å²) in [6, 6.07) is 11.0. The molecule has 1 atom stereocenters. The lowest BCUT2D eigenvalue weighted by atomic mass is 10.1. The summed E-state index contributed by atoms with van der Waals surface area (Å²) in [4.78, 5) is 11.9. The summed E-state index contributed by atoms with van der Waals surface area (Å²) in [6.07, 6.45) is 0. The average molecular weight is 412 g/mol. The maximum atomic E-state index is 11.9. The van der Waals surface area contributed by atoms with E-state index in [0.29, 0.717) is 5.75 Å². The first-order valence-corrected chi connectivity index (χ1v) is 7.92. The van der Waals surface area contributed by atoms with Gasteiger partial charge in [0.2, 0.25) is 5.91 Å². The number of nitrogens with one attached hydrogen (secondary N) is 2. The molecule has 1 unspecified atom stereocenters. The van der Waals surface area contributed by atoms with Crippen molar-refractivity contribution in [3.63, 3.8) is 0 Å². The summed E-state index contributed by atoms with van der Waals surface area (Å²) in [5.74, 6) is 1.32. The van der Waals surface area contributed by atoms with Gasteiger partial charge in [0.25, 0.3) is 0 Å². The molecule has 0 fully saturated rings. The van der Waals surface area contributed by atoms with Gasteiger partial charge in [0.05, 0.1) is 4.47 Å². The molecule has 1 amide bonds. The van der Waals surface area contributed by atoms with E-state index in [4.69, 9.17) is 4.74 Å². The van der Waals surface area contributed by atoms with E-state index in [0.717, 1.165) is 25.9 Å². The molecule has 2 aromatic rings. The molecular weight excluding hydrogens is 400 g/mol. The number of amides is 1. The van der Waals surface area contributed by atoms with E-state index in [9.17, 15) is 4.79 Å². The molecule has 0 spiro atoms. The molecule has 0 aliphatic carbocycles. The number of carbonyl (C=O) groups is 1. The van der Waals surface area contributed by atoms with Crippen molar-refractivity contribution >= 4 is 43.5 Å². The lowest BCUT2D eigenvalue weighted by Gasteiger charge is -2.11. The van der Waals surface area contributed by atoms with Crippen molar-refractivity contribution in [3.8, 4) is 11.5 Å². The molecule has 0 radical (unpaired) electrons. The Hall–Kier alpha value is -1.37. The molecule has 1 aliphatic rings. The first kappa shape index (κ1) is 14.6. The maximum Gasteiger partial charge on any atom is 0.246 e. The van der Waals surface area contributed by atoms with Gasteiger partial charge >= 0.3 is 0 Å². The van der Waals surface area contributed by atoms with Gasteiger partial charge in [0.1, 0.15) is 17.5 Å². The van der Waals surface area contributed by atoms with Crippen LogP contribution in [0.4, 0.5) is 5.69 Å². The first-order chi connectivity index (χ1) is 10.1. The molecule has 2 aromatic carbocycles. The van der Waals surface area contributed by atoms with Crippen LogP contribution >= 0.6 is 31.9 Å². The van der Waals surface area contributed by atoms with Crippen molar-refractivity contribution < 1.29 is 9.53 Å². The summed E-state index contributed by atoms with van der Waals surface area (Å²) < 4.78 is 7.62. The molecule has 0 aromatic heterocycles. The first-order valence-electron chi connectivity index (χ1n) is 6.33. The third-order valence-corrected chi connectivity index (χ3v) is 4.36. The number of likely N-dealkylation sites (N-methyl/N-ethyl adjacent to an activating group) is 1. The van der Waals surface area contributed by atoms with Crippen molar-refractivity contribution in [3.05, 3.63) is 50.9 Å². The monoisotopic (exact) mass is 410 g/mol. The van der Waals surface area contributed by atoms with Gasteiger partial charge < -0.3 is 15.4 Å². The summed E-state index contributed by atoms with van der Waals surface area (Å²) >= 11 is 6.91. The minimum Gasteiger partial charge on any atom is -0.456 e. The number of carbonyl (C=O) groups excluding carboxylic acids is 1. The molecule has 0 bridgehead atoms. The zero-order valence-electron chi connectivity index (χ0n) is 11.1. The second-order valence-electron chi connectivity index (χ2n) is 4.64. The van der Waals surface area contributed by atoms with E-state index in [1.54, 1.807) is 7.05 Å². The summed E-state index contributed by atoms with van der Waals surface area (Å²) in [5, 5.41) is 5.85. The van der Waals surface area contributed by atoms with Gasteiger partial charge in [-0.25, -0.2) is 0 Å². The van der Waals surface area contributed by atoms with Crippen LogP contribution < -0.4 is 15.4 Å². The van der Waals surface area contributed by atoms with E-state index in [-0.39, 0.29) is 11.9 Å². The van der Waals surface area contributed by atoms with E-state index in [2.05, 4.69) is 42.5 Å². The van der Waals surface area contributed by atoms with Crippen LogP contribution in [-0.4, -0.2) is 13.0 Å². The van der Waals surface area contributed by atoms with Gasteiger partial charge in [-0.2, -0.15) is 0 Å². The fourth-order valence-corrected chi connectivity index (χ4v) is 3.10. The van der Waals surface area contributed by atoms with Crippen LogP contribution in [0.2, 0.25) is 0 Å². The molecule has 6 heteroatoms. The van der Waals surface area contributed by atoms with Crippen LogP contribution in [0.1, 0.15) is 11.6 Å². The molecule has 1 heterocycles. The third-order valence-electron chi connectivity index (χ3n) is 3.25. The highest BCUT2D eigenvalue weighted by atomic mass is 79.9. The van der Waals surface area contributed by atoms with Crippen LogP contribution in [-0.2, 0) is 4.79 Å². The predicted octanol–water partition coefficient (Wildman–Crippen LogP) is 4.22. The van der Waals surface area contributed by atoms with E-state index < -0.39 is 0 Å². The maximum absolute atomic E-state index is 11.9. The predicted molar refractivity (Wildman–Crippen MR) is 88.8 cm³/mol. The number of benzene rings is 2. The van der Waals surface area contributed by atoms with Crippen LogP contribution in [0.25, 0.3) is 0 Å². The Bertz CT molecular complexity index is 719. The van der Waals surface area contributed by atoms with Gasteiger partial charge in [-0.3, -0.25) is 4.79 Å². The minimum absolute atomic E-state index is 0.0565. The van der Waals surface area contributed by atoms with Crippen molar-refractivity contribution in [2.24, 2.45) is 0 Å². The Morgan fingerprint density at radius 3 is 2.76 bits per heavy atom. The van der Waals surface area contributed by atoms with Gasteiger partial charge in [-0.05, 0) is 47.2 Å². The van der Waals surface area contributed by atoms with Crippen molar-refractivity contribution in [1.29, 1.82) is 0 Å². The van der Waals surface area contributed by atoms with Gasteiger partial charge in [-0.1, -0.05) is 22.0 Å².